The molecule has 1 aromatic heterocycles. The summed E-state index contributed by atoms with van der Waals surface area (Å²) in [7, 11) is -1.27. The second-order valence-corrected chi connectivity index (χ2v) is 9.38. The summed E-state index contributed by atoms with van der Waals surface area (Å²) >= 11 is 0. The molecule has 0 radical (unpaired) electrons. The highest BCUT2D eigenvalue weighted by atomic mass is 32.2. The van der Waals surface area contributed by atoms with E-state index in [1.165, 1.54) is 12.8 Å². The molecule has 0 spiro atoms. The Morgan fingerprint density at radius 2 is 1.95 bits per heavy atom. The molecule has 0 saturated heterocycles. The van der Waals surface area contributed by atoms with Crippen LogP contribution >= 0.6 is 0 Å². The zero-order valence-electron chi connectivity index (χ0n) is 12.5. The van der Waals surface area contributed by atoms with Gasteiger partial charge in [0.15, 0.2) is 15.7 Å². The van der Waals surface area contributed by atoms with Crippen LogP contribution in [0, 0.1) is 17.8 Å². The quantitative estimate of drug-likeness (QED) is 0.835. The summed E-state index contributed by atoms with van der Waals surface area (Å²) in [5, 5.41) is 4.36. The van der Waals surface area contributed by atoms with E-state index in [1.54, 1.807) is 11.7 Å². The van der Waals surface area contributed by atoms with Crippen molar-refractivity contribution in [3.63, 3.8) is 0 Å². The summed E-state index contributed by atoms with van der Waals surface area (Å²) in [6.07, 6.45) is 7.06. The van der Waals surface area contributed by atoms with E-state index in [-0.39, 0.29) is 5.75 Å². The topological polar surface area (TPSA) is 64.8 Å². The van der Waals surface area contributed by atoms with Crippen molar-refractivity contribution >= 4 is 9.84 Å². The van der Waals surface area contributed by atoms with Crippen LogP contribution in [0.5, 0.6) is 0 Å². The van der Waals surface area contributed by atoms with Crippen LogP contribution in [0.2, 0.25) is 0 Å². The summed E-state index contributed by atoms with van der Waals surface area (Å²) in [6, 6.07) is 0. The number of fused-ring (bicyclic) bond motifs is 1. The van der Waals surface area contributed by atoms with Gasteiger partial charge in [0.2, 0.25) is 0 Å². The van der Waals surface area contributed by atoms with E-state index in [0.29, 0.717) is 23.4 Å². The number of rotatable bonds is 5. The molecule has 1 aromatic rings. The van der Waals surface area contributed by atoms with Crippen LogP contribution in [0.1, 0.15) is 56.1 Å². The fourth-order valence-electron chi connectivity index (χ4n) is 3.79. The van der Waals surface area contributed by atoms with E-state index in [0.717, 1.165) is 43.3 Å². The van der Waals surface area contributed by atoms with Crippen LogP contribution in [0.15, 0.2) is 0 Å². The van der Waals surface area contributed by atoms with Crippen molar-refractivity contribution in [1.29, 1.82) is 0 Å². The summed E-state index contributed by atoms with van der Waals surface area (Å²) in [5.74, 6) is 4.42. The molecule has 0 N–H and O–H groups in total. The predicted molar refractivity (Wildman–Crippen MR) is 79.4 cm³/mol. The van der Waals surface area contributed by atoms with Gasteiger partial charge in [0.1, 0.15) is 11.6 Å². The van der Waals surface area contributed by atoms with Gasteiger partial charge < -0.3 is 0 Å². The Kier molecular flexibility index (Phi) is 3.14. The number of sulfone groups is 1. The zero-order valence-corrected chi connectivity index (χ0v) is 13.3. The summed E-state index contributed by atoms with van der Waals surface area (Å²) < 4.78 is 26.6. The highest BCUT2D eigenvalue weighted by Crippen LogP contribution is 2.51. The van der Waals surface area contributed by atoms with Gasteiger partial charge in [-0.3, -0.25) is 4.68 Å². The lowest BCUT2D eigenvalue weighted by Gasteiger charge is -2.20. The lowest BCUT2D eigenvalue weighted by Crippen LogP contribution is -2.22. The molecule has 3 fully saturated rings. The highest BCUT2D eigenvalue weighted by molar-refractivity contribution is 7.90. The maximum Gasteiger partial charge on any atom is 0.157 e. The summed E-state index contributed by atoms with van der Waals surface area (Å²) in [5.41, 5.74) is 0. The van der Waals surface area contributed by atoms with E-state index in [2.05, 4.69) is 10.1 Å². The highest BCUT2D eigenvalue weighted by Gasteiger charge is 2.42. The monoisotopic (exact) mass is 309 g/mol. The van der Waals surface area contributed by atoms with Crippen molar-refractivity contribution in [3.05, 3.63) is 11.6 Å². The fraction of sp³-hybridized carbons (Fsp3) is 0.867. The molecule has 4 rings (SSSR count). The van der Waals surface area contributed by atoms with Crippen LogP contribution in [0.4, 0.5) is 0 Å². The predicted octanol–water partition coefficient (Wildman–Crippen LogP) is 2.04. The maximum atomic E-state index is 12.5. The number of hydrogen-bond donors (Lipinski definition) is 0. The molecule has 0 aromatic carbocycles. The third-order valence-corrected chi connectivity index (χ3v) is 6.98. The average molecular weight is 309 g/mol. The first-order valence-electron chi connectivity index (χ1n) is 8.10. The molecule has 1 heterocycles. The molecule has 5 nitrogen and oxygen atoms in total. The zero-order chi connectivity index (χ0) is 14.6. The fourth-order valence-corrected chi connectivity index (χ4v) is 5.58. The second-order valence-electron chi connectivity index (χ2n) is 7.27. The summed E-state index contributed by atoms with van der Waals surface area (Å²) in [6.45, 7) is 0. The normalized spacial score (nSPS) is 32.0. The molecule has 6 heteroatoms. The van der Waals surface area contributed by atoms with Gasteiger partial charge in [-0.05, 0) is 56.3 Å². The molecule has 3 atom stereocenters. The first-order valence-corrected chi connectivity index (χ1v) is 9.92. The van der Waals surface area contributed by atoms with Crippen molar-refractivity contribution < 1.29 is 8.42 Å². The minimum Gasteiger partial charge on any atom is -0.252 e. The number of aryl methyl sites for hydroxylation is 1. The minimum atomic E-state index is -3.08. The first kappa shape index (κ1) is 13.7. The Bertz CT molecular complexity index is 648. The lowest BCUT2D eigenvalue weighted by molar-refractivity contribution is 0.368. The van der Waals surface area contributed by atoms with Gasteiger partial charge in [0.05, 0.1) is 5.75 Å². The largest absolute Gasteiger partial charge is 0.252 e. The van der Waals surface area contributed by atoms with Crippen LogP contribution < -0.4 is 0 Å². The van der Waals surface area contributed by atoms with Gasteiger partial charge in [0, 0.05) is 13.0 Å². The van der Waals surface area contributed by atoms with Crippen molar-refractivity contribution in [2.75, 3.05) is 5.75 Å². The average Bonchev–Trinajstić information content (AvgIpc) is 3.30. The molecular formula is C15H23N3O2S. The van der Waals surface area contributed by atoms with Gasteiger partial charge in [-0.1, -0.05) is 0 Å². The Morgan fingerprint density at radius 1 is 1.14 bits per heavy atom. The van der Waals surface area contributed by atoms with Crippen molar-refractivity contribution in [1.82, 2.24) is 14.8 Å². The van der Waals surface area contributed by atoms with E-state index >= 15 is 0 Å². The van der Waals surface area contributed by atoms with Gasteiger partial charge in [-0.25, -0.2) is 13.4 Å². The Labute approximate surface area is 126 Å². The summed E-state index contributed by atoms with van der Waals surface area (Å²) in [4.78, 5) is 4.45. The molecule has 3 aliphatic rings. The molecule has 21 heavy (non-hydrogen) atoms. The molecule has 3 saturated carbocycles. The molecular weight excluding hydrogens is 286 g/mol. The third-order valence-electron chi connectivity index (χ3n) is 5.30. The third kappa shape index (κ3) is 3.00. The first-order chi connectivity index (χ1) is 10.00. The van der Waals surface area contributed by atoms with Crippen LogP contribution in [0.25, 0.3) is 0 Å². The second kappa shape index (κ2) is 4.80. The molecule has 0 amide bonds. The van der Waals surface area contributed by atoms with E-state index in [9.17, 15) is 8.42 Å². The van der Waals surface area contributed by atoms with Gasteiger partial charge in [0.25, 0.3) is 0 Å². The molecule has 0 aliphatic heterocycles. The molecule has 0 bridgehead atoms. The van der Waals surface area contributed by atoms with E-state index in [1.807, 2.05) is 0 Å². The van der Waals surface area contributed by atoms with Crippen molar-refractivity contribution in [2.24, 2.45) is 24.8 Å². The van der Waals surface area contributed by atoms with Crippen LogP contribution in [-0.2, 0) is 22.6 Å². The van der Waals surface area contributed by atoms with E-state index in [4.69, 9.17) is 0 Å². The van der Waals surface area contributed by atoms with Crippen LogP contribution in [-0.4, -0.2) is 28.9 Å². The lowest BCUT2D eigenvalue weighted by atomic mass is 9.91. The number of nitrogens with zero attached hydrogens (tertiary/aromatic N) is 3. The van der Waals surface area contributed by atoms with E-state index < -0.39 is 9.84 Å². The standard InChI is InChI=1S/C15H23N3O2S/c1-18-14(16-15(17-18)11-4-5-11)9-21(19,20)8-10-2-3-12-7-13(12)6-10/h10-13H,2-9H2,1H3. The molecule has 116 valence electrons. The molecule has 3 unspecified atom stereocenters. The number of hydrogen-bond acceptors (Lipinski definition) is 4. The van der Waals surface area contributed by atoms with Gasteiger partial charge >= 0.3 is 0 Å². The Hall–Kier alpha value is -0.910. The van der Waals surface area contributed by atoms with Crippen molar-refractivity contribution in [3.8, 4) is 0 Å². The maximum absolute atomic E-state index is 12.5. The minimum absolute atomic E-state index is 0.0494. The molecule has 3 aliphatic carbocycles. The van der Waals surface area contributed by atoms with Gasteiger partial charge in [-0.15, -0.1) is 0 Å². The smallest absolute Gasteiger partial charge is 0.157 e. The number of aromatic nitrogens is 3. The SMILES string of the molecule is Cn1nc(C2CC2)nc1CS(=O)(=O)CC1CCC2CC2C1. The van der Waals surface area contributed by atoms with Crippen molar-refractivity contribution in [2.45, 2.75) is 50.2 Å². The van der Waals surface area contributed by atoms with Gasteiger partial charge in [-0.2, -0.15) is 5.10 Å². The van der Waals surface area contributed by atoms with Crippen LogP contribution in [0.3, 0.4) is 0 Å². The Balaban J connectivity index is 1.42. The Morgan fingerprint density at radius 3 is 2.67 bits per heavy atom.